The first-order valence-electron chi connectivity index (χ1n) is 4.77. The molecule has 1 saturated heterocycles. The molecule has 76 valence electrons. The molecule has 1 atom stereocenters. The molecule has 0 aromatic heterocycles. The quantitative estimate of drug-likeness (QED) is 0.630. The van der Waals surface area contributed by atoms with E-state index in [1.807, 2.05) is 6.92 Å². The highest BCUT2D eigenvalue weighted by atomic mass is 32.2. The average Bonchev–Trinajstić information content (AvgIpc) is 2.01. The van der Waals surface area contributed by atoms with Crippen LogP contribution in [0.3, 0.4) is 0 Å². The Hall–Kier alpha value is -0.150. The van der Waals surface area contributed by atoms with Gasteiger partial charge in [0.15, 0.2) is 0 Å². The van der Waals surface area contributed by atoms with E-state index in [1.165, 1.54) is 0 Å². The summed E-state index contributed by atoms with van der Waals surface area (Å²) in [5, 5.41) is 0. The van der Waals surface area contributed by atoms with Gasteiger partial charge in [-0.3, -0.25) is 9.11 Å². The van der Waals surface area contributed by atoms with E-state index in [0.29, 0.717) is 0 Å². The molecule has 0 amide bonds. The van der Waals surface area contributed by atoms with Gasteiger partial charge in [0.05, 0.1) is 0 Å². The highest BCUT2D eigenvalue weighted by molar-refractivity contribution is 7.85. The first-order chi connectivity index (χ1) is 6.06. The number of hydrogen-bond acceptors (Lipinski definition) is 2. The van der Waals surface area contributed by atoms with Crippen molar-refractivity contribution < 1.29 is 4.21 Å². The molecule has 1 aliphatic rings. The van der Waals surface area contributed by atoms with Crippen molar-refractivity contribution in [1.29, 1.82) is 0 Å². The molecule has 0 radical (unpaired) electrons. The van der Waals surface area contributed by atoms with Crippen LogP contribution in [0.25, 0.3) is 0 Å². The first-order valence-corrected chi connectivity index (χ1v) is 6.26. The molecule has 13 heavy (non-hydrogen) atoms. The van der Waals surface area contributed by atoms with Crippen molar-refractivity contribution in [2.45, 2.75) is 26.3 Å². The molecule has 0 aromatic carbocycles. The normalized spacial score (nSPS) is 29.6. The largest absolute Gasteiger partial charge is 0.293 e. The van der Waals surface area contributed by atoms with Crippen molar-refractivity contribution in [1.82, 2.24) is 4.90 Å². The monoisotopic (exact) mass is 201 g/mol. The van der Waals surface area contributed by atoms with Crippen molar-refractivity contribution in [2.75, 3.05) is 24.6 Å². The fourth-order valence-corrected chi connectivity index (χ4v) is 3.18. The van der Waals surface area contributed by atoms with Gasteiger partial charge in [0.2, 0.25) is 0 Å². The molecule has 1 aliphatic heterocycles. The lowest BCUT2D eigenvalue weighted by molar-refractivity contribution is 0.160. The second-order valence-electron chi connectivity index (χ2n) is 4.12. The third-order valence-electron chi connectivity index (χ3n) is 2.52. The van der Waals surface area contributed by atoms with Crippen LogP contribution in [0.2, 0.25) is 0 Å². The lowest BCUT2D eigenvalue weighted by Gasteiger charge is -2.41. The van der Waals surface area contributed by atoms with Crippen LogP contribution < -0.4 is 0 Å². The van der Waals surface area contributed by atoms with E-state index in [-0.39, 0.29) is 5.54 Å². The van der Waals surface area contributed by atoms with Crippen LogP contribution in [-0.2, 0) is 10.8 Å². The minimum Gasteiger partial charge on any atom is -0.293 e. The lowest BCUT2D eigenvalue weighted by atomic mass is 10.1. The number of hydrogen-bond donors (Lipinski definition) is 0. The minimum atomic E-state index is -0.602. The smallest absolute Gasteiger partial charge is 0.0414 e. The number of rotatable bonds is 2. The van der Waals surface area contributed by atoms with Gasteiger partial charge in [-0.15, -0.1) is 0 Å². The van der Waals surface area contributed by atoms with Gasteiger partial charge in [-0.25, -0.2) is 0 Å². The van der Waals surface area contributed by atoms with Crippen molar-refractivity contribution in [3.63, 3.8) is 0 Å². The molecule has 0 aliphatic carbocycles. The third kappa shape index (κ3) is 2.92. The molecule has 1 heterocycles. The van der Waals surface area contributed by atoms with Crippen LogP contribution in [0.5, 0.6) is 0 Å². The summed E-state index contributed by atoms with van der Waals surface area (Å²) in [7, 11) is -0.602. The number of allylic oxidation sites excluding steroid dienone is 1. The molecular weight excluding hydrogens is 182 g/mol. The molecule has 1 rings (SSSR count). The predicted octanol–water partition coefficient (Wildman–Crippen LogP) is 1.41. The van der Waals surface area contributed by atoms with E-state index < -0.39 is 10.8 Å². The van der Waals surface area contributed by atoms with Gasteiger partial charge in [-0.05, 0) is 20.8 Å². The zero-order chi connectivity index (χ0) is 9.90. The van der Waals surface area contributed by atoms with Crippen molar-refractivity contribution >= 4 is 10.8 Å². The van der Waals surface area contributed by atoms with Gasteiger partial charge in [0, 0.05) is 40.9 Å². The van der Waals surface area contributed by atoms with E-state index in [9.17, 15) is 4.21 Å². The van der Waals surface area contributed by atoms with Gasteiger partial charge in [0.1, 0.15) is 0 Å². The molecule has 0 aromatic rings. The fourth-order valence-electron chi connectivity index (χ4n) is 1.64. The van der Waals surface area contributed by atoms with Crippen molar-refractivity contribution in [3.8, 4) is 0 Å². The van der Waals surface area contributed by atoms with E-state index >= 15 is 0 Å². The summed E-state index contributed by atoms with van der Waals surface area (Å²) < 4.78 is 11.4. The molecule has 0 spiro atoms. The predicted molar refractivity (Wildman–Crippen MR) is 58.3 cm³/mol. The Morgan fingerprint density at radius 3 is 2.77 bits per heavy atom. The maximum Gasteiger partial charge on any atom is 0.0414 e. The standard InChI is InChI=1S/C10H19NOS/c1-4-5-6-11-7-8-13(12)9-10(11,2)3/h4-5H,6-9H2,1-3H3/b5-4+. The summed E-state index contributed by atoms with van der Waals surface area (Å²) in [4.78, 5) is 2.40. The third-order valence-corrected chi connectivity index (χ3v) is 4.19. The van der Waals surface area contributed by atoms with Crippen LogP contribution in [0.4, 0.5) is 0 Å². The van der Waals surface area contributed by atoms with Gasteiger partial charge in [0.25, 0.3) is 0 Å². The molecule has 0 bridgehead atoms. The Morgan fingerprint density at radius 1 is 1.54 bits per heavy atom. The zero-order valence-corrected chi connectivity index (χ0v) is 9.56. The second kappa shape index (κ2) is 4.38. The van der Waals surface area contributed by atoms with Crippen LogP contribution in [-0.4, -0.2) is 39.2 Å². The average molecular weight is 201 g/mol. The van der Waals surface area contributed by atoms with Crippen LogP contribution in [0, 0.1) is 0 Å². The summed E-state index contributed by atoms with van der Waals surface area (Å²) in [6.45, 7) is 8.33. The Labute approximate surface area is 83.5 Å². The molecule has 1 fully saturated rings. The summed E-state index contributed by atoms with van der Waals surface area (Å²) in [5.41, 5.74) is 0.0998. The van der Waals surface area contributed by atoms with Crippen LogP contribution >= 0.6 is 0 Å². The van der Waals surface area contributed by atoms with E-state index in [2.05, 4.69) is 30.9 Å². The summed E-state index contributed by atoms with van der Waals surface area (Å²) in [5.74, 6) is 1.64. The Morgan fingerprint density at radius 2 is 2.23 bits per heavy atom. The molecular formula is C10H19NOS. The highest BCUT2D eigenvalue weighted by Crippen LogP contribution is 2.20. The summed E-state index contributed by atoms with van der Waals surface area (Å²) in [6, 6.07) is 0. The Kier molecular flexibility index (Phi) is 3.68. The minimum absolute atomic E-state index is 0.0998. The maximum atomic E-state index is 11.4. The summed E-state index contributed by atoms with van der Waals surface area (Å²) >= 11 is 0. The topological polar surface area (TPSA) is 20.3 Å². The zero-order valence-electron chi connectivity index (χ0n) is 8.75. The highest BCUT2D eigenvalue weighted by Gasteiger charge is 2.32. The van der Waals surface area contributed by atoms with Crippen LogP contribution in [0.15, 0.2) is 12.2 Å². The van der Waals surface area contributed by atoms with Crippen molar-refractivity contribution in [2.24, 2.45) is 0 Å². The molecule has 3 heteroatoms. The van der Waals surface area contributed by atoms with Gasteiger partial charge in [-0.2, -0.15) is 0 Å². The Balaban J connectivity index is 2.58. The fraction of sp³-hybridized carbons (Fsp3) is 0.800. The van der Waals surface area contributed by atoms with Gasteiger partial charge < -0.3 is 0 Å². The van der Waals surface area contributed by atoms with E-state index in [1.54, 1.807) is 0 Å². The SMILES string of the molecule is C/C=C/CN1CCS(=O)CC1(C)C. The van der Waals surface area contributed by atoms with Gasteiger partial charge in [-0.1, -0.05) is 12.2 Å². The Bertz CT molecular complexity index is 223. The molecule has 0 N–H and O–H groups in total. The van der Waals surface area contributed by atoms with Crippen molar-refractivity contribution in [3.05, 3.63) is 12.2 Å². The van der Waals surface area contributed by atoms with E-state index in [0.717, 1.165) is 24.6 Å². The maximum absolute atomic E-state index is 11.4. The molecule has 1 unspecified atom stereocenters. The molecule has 2 nitrogen and oxygen atoms in total. The summed E-state index contributed by atoms with van der Waals surface area (Å²) in [6.07, 6.45) is 4.23. The van der Waals surface area contributed by atoms with E-state index in [4.69, 9.17) is 0 Å². The molecule has 0 saturated carbocycles. The van der Waals surface area contributed by atoms with Crippen LogP contribution in [0.1, 0.15) is 20.8 Å². The second-order valence-corrected chi connectivity index (χ2v) is 5.69. The number of nitrogens with zero attached hydrogens (tertiary/aromatic N) is 1. The lowest BCUT2D eigenvalue weighted by Crippen LogP contribution is -2.53. The van der Waals surface area contributed by atoms with Gasteiger partial charge >= 0.3 is 0 Å². The first kappa shape index (κ1) is 10.9.